The van der Waals surface area contributed by atoms with Gasteiger partial charge >= 0.3 is 0 Å². The lowest BCUT2D eigenvalue weighted by Crippen LogP contribution is -1.90. The highest BCUT2D eigenvalue weighted by Crippen LogP contribution is 2.43. The average Bonchev–Trinajstić information content (AvgIpc) is 2.68. The Labute approximate surface area is 82.1 Å². The summed E-state index contributed by atoms with van der Waals surface area (Å²) in [5.74, 6) is 0.873. The lowest BCUT2D eigenvalue weighted by molar-refractivity contribution is 1.07. The number of hydrogen-bond acceptors (Lipinski definition) is 0. The van der Waals surface area contributed by atoms with Crippen LogP contribution >= 0.6 is 15.9 Å². The first-order valence-electron chi connectivity index (χ1n) is 4.45. The summed E-state index contributed by atoms with van der Waals surface area (Å²) >= 11 is 3.52. The van der Waals surface area contributed by atoms with Gasteiger partial charge in [0.15, 0.2) is 0 Å². The molecule has 1 aromatic carbocycles. The third-order valence-corrected chi connectivity index (χ3v) is 3.00. The van der Waals surface area contributed by atoms with Gasteiger partial charge in [0.1, 0.15) is 0 Å². The second kappa shape index (κ2) is 2.88. The van der Waals surface area contributed by atoms with Crippen molar-refractivity contribution < 1.29 is 0 Å². The molecule has 0 heterocycles. The van der Waals surface area contributed by atoms with Gasteiger partial charge in [-0.1, -0.05) is 15.9 Å². The Morgan fingerprint density at radius 3 is 2.08 bits per heavy atom. The summed E-state index contributed by atoms with van der Waals surface area (Å²) < 4.78 is 1.21. The molecule has 0 nitrogen and oxygen atoms in total. The molecule has 0 radical (unpaired) electrons. The minimum absolute atomic E-state index is 0.873. The Morgan fingerprint density at radius 1 is 1.17 bits per heavy atom. The van der Waals surface area contributed by atoms with E-state index in [0.717, 1.165) is 5.92 Å². The molecule has 1 aromatic rings. The monoisotopic (exact) mass is 224 g/mol. The van der Waals surface area contributed by atoms with E-state index in [9.17, 15) is 0 Å². The van der Waals surface area contributed by atoms with Gasteiger partial charge in [-0.25, -0.2) is 0 Å². The van der Waals surface area contributed by atoms with Gasteiger partial charge in [-0.05, 0) is 61.4 Å². The van der Waals surface area contributed by atoms with E-state index in [4.69, 9.17) is 0 Å². The topological polar surface area (TPSA) is 0 Å². The fourth-order valence-electron chi connectivity index (χ4n) is 1.94. The van der Waals surface area contributed by atoms with Crippen molar-refractivity contribution in [1.29, 1.82) is 0 Å². The van der Waals surface area contributed by atoms with E-state index in [1.54, 1.807) is 5.56 Å². The SMILES string of the molecule is Cc1cc(Br)cc(C)c1C1CC1. The largest absolute Gasteiger partial charge is 0.0508 e. The molecule has 0 atom stereocenters. The van der Waals surface area contributed by atoms with Crippen LogP contribution in [0.5, 0.6) is 0 Å². The summed E-state index contributed by atoms with van der Waals surface area (Å²) in [7, 11) is 0. The van der Waals surface area contributed by atoms with Crippen molar-refractivity contribution in [2.75, 3.05) is 0 Å². The highest BCUT2D eigenvalue weighted by molar-refractivity contribution is 9.10. The van der Waals surface area contributed by atoms with Crippen LogP contribution in [0, 0.1) is 13.8 Å². The van der Waals surface area contributed by atoms with E-state index < -0.39 is 0 Å². The van der Waals surface area contributed by atoms with E-state index in [2.05, 4.69) is 41.9 Å². The van der Waals surface area contributed by atoms with Crippen LogP contribution in [-0.4, -0.2) is 0 Å². The Kier molecular flexibility index (Phi) is 1.99. The fraction of sp³-hybridized carbons (Fsp3) is 0.455. The fourth-order valence-corrected chi connectivity index (χ4v) is 2.62. The maximum atomic E-state index is 3.52. The molecule has 64 valence electrons. The predicted octanol–water partition coefficient (Wildman–Crippen LogP) is 3.94. The van der Waals surface area contributed by atoms with Gasteiger partial charge < -0.3 is 0 Å². The zero-order valence-electron chi connectivity index (χ0n) is 7.52. The maximum Gasteiger partial charge on any atom is 0.0180 e. The van der Waals surface area contributed by atoms with Crippen LogP contribution in [-0.2, 0) is 0 Å². The molecule has 0 amide bonds. The lowest BCUT2D eigenvalue weighted by Gasteiger charge is -2.08. The molecule has 1 heteroatoms. The Balaban J connectivity index is 2.51. The summed E-state index contributed by atoms with van der Waals surface area (Å²) in [6.07, 6.45) is 2.78. The standard InChI is InChI=1S/C11H13Br/c1-7-5-10(12)6-8(2)11(7)9-3-4-9/h5-6,9H,3-4H2,1-2H3. The van der Waals surface area contributed by atoms with Crippen molar-refractivity contribution in [2.45, 2.75) is 32.6 Å². The third kappa shape index (κ3) is 1.42. The Bertz CT molecular complexity index is 288. The maximum absolute atomic E-state index is 3.52. The van der Waals surface area contributed by atoms with Gasteiger partial charge in [0.05, 0.1) is 0 Å². The van der Waals surface area contributed by atoms with E-state index in [1.807, 2.05) is 0 Å². The van der Waals surface area contributed by atoms with Crippen molar-refractivity contribution in [3.63, 3.8) is 0 Å². The van der Waals surface area contributed by atoms with Crippen molar-refractivity contribution in [3.05, 3.63) is 33.3 Å². The van der Waals surface area contributed by atoms with E-state index in [-0.39, 0.29) is 0 Å². The van der Waals surface area contributed by atoms with Crippen molar-refractivity contribution in [2.24, 2.45) is 0 Å². The van der Waals surface area contributed by atoms with E-state index >= 15 is 0 Å². The molecular formula is C11H13Br. The second-order valence-corrected chi connectivity index (χ2v) is 4.64. The van der Waals surface area contributed by atoms with Gasteiger partial charge in [0.2, 0.25) is 0 Å². The minimum atomic E-state index is 0.873. The van der Waals surface area contributed by atoms with Gasteiger partial charge in [-0.3, -0.25) is 0 Å². The minimum Gasteiger partial charge on any atom is -0.0508 e. The highest BCUT2D eigenvalue weighted by Gasteiger charge is 2.26. The summed E-state index contributed by atoms with van der Waals surface area (Å²) in [4.78, 5) is 0. The zero-order valence-corrected chi connectivity index (χ0v) is 9.11. The quantitative estimate of drug-likeness (QED) is 0.678. The number of hydrogen-bond donors (Lipinski definition) is 0. The van der Waals surface area contributed by atoms with Gasteiger partial charge in [0.25, 0.3) is 0 Å². The first-order chi connectivity index (χ1) is 5.68. The molecule has 0 spiro atoms. The molecule has 1 aliphatic carbocycles. The number of halogens is 1. The molecule has 0 N–H and O–H groups in total. The predicted molar refractivity (Wildman–Crippen MR) is 55.6 cm³/mol. The van der Waals surface area contributed by atoms with Crippen LogP contribution in [0.2, 0.25) is 0 Å². The van der Waals surface area contributed by atoms with Crippen LogP contribution in [0.15, 0.2) is 16.6 Å². The number of aryl methyl sites for hydroxylation is 2. The smallest absolute Gasteiger partial charge is 0.0180 e. The second-order valence-electron chi connectivity index (χ2n) is 3.73. The Hall–Kier alpha value is -0.300. The van der Waals surface area contributed by atoms with E-state index in [1.165, 1.54) is 28.4 Å². The molecule has 0 saturated heterocycles. The summed E-state index contributed by atoms with van der Waals surface area (Å²) in [6, 6.07) is 4.45. The summed E-state index contributed by atoms with van der Waals surface area (Å²) in [5, 5.41) is 0. The van der Waals surface area contributed by atoms with Gasteiger partial charge in [-0.2, -0.15) is 0 Å². The first-order valence-corrected chi connectivity index (χ1v) is 5.24. The molecule has 1 aliphatic rings. The molecule has 0 aliphatic heterocycles. The molecule has 1 fully saturated rings. The normalized spacial score (nSPS) is 16.6. The lowest BCUT2D eigenvalue weighted by atomic mass is 9.99. The zero-order chi connectivity index (χ0) is 8.72. The van der Waals surface area contributed by atoms with Crippen LogP contribution in [0.25, 0.3) is 0 Å². The van der Waals surface area contributed by atoms with Crippen molar-refractivity contribution in [1.82, 2.24) is 0 Å². The van der Waals surface area contributed by atoms with Gasteiger partial charge in [0, 0.05) is 4.47 Å². The first kappa shape index (κ1) is 8.31. The Morgan fingerprint density at radius 2 is 1.67 bits per heavy atom. The van der Waals surface area contributed by atoms with Crippen LogP contribution < -0.4 is 0 Å². The summed E-state index contributed by atoms with van der Waals surface area (Å²) in [5.41, 5.74) is 4.49. The van der Waals surface area contributed by atoms with Crippen LogP contribution in [0.1, 0.15) is 35.4 Å². The molecule has 0 bridgehead atoms. The van der Waals surface area contributed by atoms with Crippen LogP contribution in [0.4, 0.5) is 0 Å². The van der Waals surface area contributed by atoms with Crippen LogP contribution in [0.3, 0.4) is 0 Å². The molecule has 2 rings (SSSR count). The van der Waals surface area contributed by atoms with Crippen molar-refractivity contribution in [3.8, 4) is 0 Å². The number of rotatable bonds is 1. The van der Waals surface area contributed by atoms with Gasteiger partial charge in [-0.15, -0.1) is 0 Å². The molecule has 0 unspecified atom stereocenters. The third-order valence-electron chi connectivity index (χ3n) is 2.54. The molecular weight excluding hydrogens is 212 g/mol. The average molecular weight is 225 g/mol. The molecule has 1 saturated carbocycles. The highest BCUT2D eigenvalue weighted by atomic mass is 79.9. The van der Waals surface area contributed by atoms with E-state index in [0.29, 0.717) is 0 Å². The summed E-state index contributed by atoms with van der Waals surface area (Å²) in [6.45, 7) is 4.43. The molecule has 0 aromatic heterocycles. The number of benzene rings is 1. The molecule has 12 heavy (non-hydrogen) atoms. The van der Waals surface area contributed by atoms with Crippen molar-refractivity contribution >= 4 is 15.9 Å².